The van der Waals surface area contributed by atoms with Crippen molar-refractivity contribution in [3.05, 3.63) is 54.1 Å². The molecule has 7 nitrogen and oxygen atoms in total. The van der Waals surface area contributed by atoms with Crippen LogP contribution in [0.1, 0.15) is 19.4 Å². The first-order valence-electron chi connectivity index (χ1n) is 8.67. The van der Waals surface area contributed by atoms with E-state index in [0.717, 1.165) is 13.1 Å². The Hall–Kier alpha value is -2.71. The first-order chi connectivity index (χ1) is 12.9. The lowest BCUT2D eigenvalue weighted by Crippen LogP contribution is -2.31. The van der Waals surface area contributed by atoms with Crippen LogP contribution in [0.4, 0.5) is 5.69 Å². The molecule has 142 valence electrons. The number of rotatable bonds is 6. The molecule has 0 aliphatic carbocycles. The monoisotopic (exact) mass is 387 g/mol. The molecule has 1 aliphatic rings. The Morgan fingerprint density at radius 1 is 1.07 bits per heavy atom. The summed E-state index contributed by atoms with van der Waals surface area (Å²) in [4.78, 5) is 14.1. The molecule has 1 heterocycles. The van der Waals surface area contributed by atoms with Crippen molar-refractivity contribution in [1.29, 1.82) is 0 Å². The SMILES string of the molecule is CCN(CC)CC(=O)Oc1ccc(NC2=NS(=O)(=O)c3ccccc32)cc1. The molecule has 0 unspecified atom stereocenters. The quantitative estimate of drug-likeness (QED) is 0.605. The van der Waals surface area contributed by atoms with Gasteiger partial charge in [-0.1, -0.05) is 26.0 Å². The van der Waals surface area contributed by atoms with Gasteiger partial charge in [-0.2, -0.15) is 8.42 Å². The van der Waals surface area contributed by atoms with Gasteiger partial charge in [0.2, 0.25) is 0 Å². The molecule has 0 radical (unpaired) electrons. The van der Waals surface area contributed by atoms with Crippen LogP contribution in [0.15, 0.2) is 57.8 Å². The topological polar surface area (TPSA) is 88.1 Å². The molecular formula is C19H21N3O4S. The van der Waals surface area contributed by atoms with E-state index >= 15 is 0 Å². The molecule has 1 N–H and O–H groups in total. The van der Waals surface area contributed by atoms with Crippen LogP contribution in [-0.2, 0) is 14.8 Å². The second-order valence-corrected chi connectivity index (χ2v) is 7.57. The normalized spacial score (nSPS) is 14.6. The van der Waals surface area contributed by atoms with Crippen molar-refractivity contribution in [3.8, 4) is 5.75 Å². The van der Waals surface area contributed by atoms with Crippen LogP contribution in [0.25, 0.3) is 0 Å². The Morgan fingerprint density at radius 2 is 1.74 bits per heavy atom. The van der Waals surface area contributed by atoms with E-state index in [1.54, 1.807) is 42.5 Å². The van der Waals surface area contributed by atoms with Gasteiger partial charge in [0.15, 0.2) is 5.84 Å². The van der Waals surface area contributed by atoms with Gasteiger partial charge in [-0.3, -0.25) is 9.69 Å². The summed E-state index contributed by atoms with van der Waals surface area (Å²) in [5, 5.41) is 3.01. The maximum atomic E-state index is 12.1. The van der Waals surface area contributed by atoms with Gasteiger partial charge in [0.05, 0.1) is 6.54 Å². The highest BCUT2D eigenvalue weighted by Gasteiger charge is 2.28. The van der Waals surface area contributed by atoms with Gasteiger partial charge in [-0.05, 0) is 49.5 Å². The van der Waals surface area contributed by atoms with E-state index in [1.165, 1.54) is 6.07 Å². The number of hydrogen-bond donors (Lipinski definition) is 1. The number of carbonyl (C=O) groups is 1. The number of esters is 1. The number of anilines is 1. The minimum absolute atomic E-state index is 0.189. The van der Waals surface area contributed by atoms with Crippen molar-refractivity contribution in [1.82, 2.24) is 4.90 Å². The molecule has 0 atom stereocenters. The number of sulfonamides is 1. The van der Waals surface area contributed by atoms with Crippen molar-refractivity contribution in [2.45, 2.75) is 18.7 Å². The molecule has 0 spiro atoms. The third-order valence-electron chi connectivity index (χ3n) is 4.23. The largest absolute Gasteiger partial charge is 0.426 e. The number of amidine groups is 1. The lowest BCUT2D eigenvalue weighted by atomic mass is 10.2. The van der Waals surface area contributed by atoms with Crippen molar-refractivity contribution < 1.29 is 17.9 Å². The average Bonchev–Trinajstić information content (AvgIpc) is 2.92. The molecular weight excluding hydrogens is 366 g/mol. The van der Waals surface area contributed by atoms with Gasteiger partial charge >= 0.3 is 5.97 Å². The number of hydrogen-bond acceptors (Lipinski definition) is 6. The maximum Gasteiger partial charge on any atom is 0.325 e. The van der Waals surface area contributed by atoms with Crippen LogP contribution in [0.5, 0.6) is 5.75 Å². The second-order valence-electron chi connectivity index (χ2n) is 6.00. The number of ether oxygens (including phenoxy) is 1. The summed E-state index contributed by atoms with van der Waals surface area (Å²) in [5.41, 5.74) is 1.18. The highest BCUT2D eigenvalue weighted by Crippen LogP contribution is 2.27. The van der Waals surface area contributed by atoms with Gasteiger partial charge in [0.1, 0.15) is 10.6 Å². The summed E-state index contributed by atoms with van der Waals surface area (Å²) in [6.45, 7) is 5.77. The van der Waals surface area contributed by atoms with E-state index in [0.29, 0.717) is 17.0 Å². The smallest absolute Gasteiger partial charge is 0.325 e. The molecule has 27 heavy (non-hydrogen) atoms. The highest BCUT2D eigenvalue weighted by molar-refractivity contribution is 7.90. The maximum absolute atomic E-state index is 12.1. The van der Waals surface area contributed by atoms with E-state index in [1.807, 2.05) is 18.7 Å². The lowest BCUT2D eigenvalue weighted by molar-refractivity contribution is -0.135. The predicted molar refractivity (Wildman–Crippen MR) is 104 cm³/mol. The number of fused-ring (bicyclic) bond motifs is 1. The fourth-order valence-corrected chi connectivity index (χ4v) is 3.91. The Morgan fingerprint density at radius 3 is 2.41 bits per heavy atom. The zero-order valence-corrected chi connectivity index (χ0v) is 16.0. The molecule has 0 saturated carbocycles. The summed E-state index contributed by atoms with van der Waals surface area (Å²) >= 11 is 0. The summed E-state index contributed by atoms with van der Waals surface area (Å²) in [6.07, 6.45) is 0. The molecule has 8 heteroatoms. The summed E-state index contributed by atoms with van der Waals surface area (Å²) in [7, 11) is -3.66. The van der Waals surface area contributed by atoms with E-state index in [-0.39, 0.29) is 23.2 Å². The number of benzene rings is 2. The van der Waals surface area contributed by atoms with Crippen LogP contribution < -0.4 is 10.1 Å². The van der Waals surface area contributed by atoms with Gasteiger partial charge in [0.25, 0.3) is 10.0 Å². The van der Waals surface area contributed by atoms with Gasteiger partial charge in [-0.25, -0.2) is 0 Å². The van der Waals surface area contributed by atoms with Gasteiger partial charge < -0.3 is 10.1 Å². The standard InChI is InChI=1S/C19H21N3O4S/c1-3-22(4-2)13-18(23)26-15-11-9-14(10-12-15)20-19-16-7-5-6-8-17(16)27(24,25)21-19/h5-12H,3-4,13H2,1-2H3,(H,20,21). The molecule has 3 rings (SSSR count). The number of nitrogens with zero attached hydrogens (tertiary/aromatic N) is 2. The minimum atomic E-state index is -3.66. The van der Waals surface area contributed by atoms with Crippen molar-refractivity contribution >= 4 is 27.5 Å². The fraction of sp³-hybridized carbons (Fsp3) is 0.263. The molecule has 2 aromatic carbocycles. The predicted octanol–water partition coefficient (Wildman–Crippen LogP) is 2.49. The Balaban J connectivity index is 1.68. The van der Waals surface area contributed by atoms with Crippen LogP contribution in [0, 0.1) is 0 Å². The van der Waals surface area contributed by atoms with Gasteiger partial charge in [0, 0.05) is 11.3 Å². The van der Waals surface area contributed by atoms with E-state index in [9.17, 15) is 13.2 Å². The summed E-state index contributed by atoms with van der Waals surface area (Å²) in [6, 6.07) is 13.4. The number of nitrogens with one attached hydrogen (secondary N) is 1. The van der Waals surface area contributed by atoms with E-state index in [2.05, 4.69) is 9.71 Å². The molecule has 2 aromatic rings. The zero-order valence-electron chi connectivity index (χ0n) is 15.2. The molecule has 0 fully saturated rings. The fourth-order valence-electron chi connectivity index (χ4n) is 2.73. The first kappa shape index (κ1) is 19.1. The van der Waals surface area contributed by atoms with E-state index < -0.39 is 10.0 Å². The average molecular weight is 387 g/mol. The molecule has 0 saturated heterocycles. The highest BCUT2D eigenvalue weighted by atomic mass is 32.2. The zero-order chi connectivity index (χ0) is 19.4. The molecule has 1 aliphatic heterocycles. The Bertz CT molecular complexity index is 965. The van der Waals surface area contributed by atoms with E-state index in [4.69, 9.17) is 4.74 Å². The van der Waals surface area contributed by atoms with Crippen LogP contribution in [0.2, 0.25) is 0 Å². The number of likely N-dealkylation sites (N-methyl/N-ethyl adjacent to an activating group) is 1. The first-order valence-corrected chi connectivity index (χ1v) is 10.1. The Kier molecular flexibility index (Phi) is 5.57. The van der Waals surface area contributed by atoms with Crippen LogP contribution in [0.3, 0.4) is 0 Å². The van der Waals surface area contributed by atoms with Gasteiger partial charge in [-0.15, -0.1) is 4.40 Å². The second kappa shape index (κ2) is 7.89. The third-order valence-corrected chi connectivity index (χ3v) is 5.56. The molecule has 0 amide bonds. The third kappa shape index (κ3) is 4.35. The van der Waals surface area contributed by atoms with Crippen molar-refractivity contribution in [2.75, 3.05) is 25.0 Å². The lowest BCUT2D eigenvalue weighted by Gasteiger charge is -2.16. The summed E-state index contributed by atoms with van der Waals surface area (Å²) in [5.74, 6) is 0.385. The Labute approximate surface area is 158 Å². The van der Waals surface area contributed by atoms with Crippen molar-refractivity contribution in [3.63, 3.8) is 0 Å². The van der Waals surface area contributed by atoms with Crippen LogP contribution >= 0.6 is 0 Å². The van der Waals surface area contributed by atoms with Crippen LogP contribution in [-0.4, -0.2) is 44.8 Å². The summed E-state index contributed by atoms with van der Waals surface area (Å²) < 4.78 is 33.3. The number of carbonyl (C=O) groups excluding carboxylic acids is 1. The minimum Gasteiger partial charge on any atom is -0.426 e. The van der Waals surface area contributed by atoms with Crippen molar-refractivity contribution in [2.24, 2.45) is 4.40 Å². The molecule has 0 bridgehead atoms. The molecule has 0 aromatic heterocycles.